The highest BCUT2D eigenvalue weighted by Gasteiger charge is 2.40. The second-order valence-corrected chi connectivity index (χ2v) is 5.20. The number of hydrogen-bond donors (Lipinski definition) is 1. The minimum atomic E-state index is 0.459. The number of aromatic nitrogens is 2. The highest BCUT2D eigenvalue weighted by Crippen LogP contribution is 2.35. The maximum absolute atomic E-state index is 4.41. The SMILES string of the molecule is Cc1cc(CC2(C(C)C)CNC2)n(C)n1. The first-order valence-corrected chi connectivity index (χ1v) is 5.74. The Morgan fingerprint density at radius 3 is 2.53 bits per heavy atom. The molecule has 2 rings (SSSR count). The standard InChI is InChI=1S/C12H21N3/c1-9(2)12(7-13-8-12)6-11-5-10(3)14-15(11)4/h5,9,13H,6-8H2,1-4H3. The summed E-state index contributed by atoms with van der Waals surface area (Å²) in [5.41, 5.74) is 2.95. The summed E-state index contributed by atoms with van der Waals surface area (Å²) >= 11 is 0. The van der Waals surface area contributed by atoms with Crippen LogP contribution in [0.25, 0.3) is 0 Å². The maximum atomic E-state index is 4.41. The summed E-state index contributed by atoms with van der Waals surface area (Å²) < 4.78 is 2.03. The number of rotatable bonds is 3. The third kappa shape index (κ3) is 1.81. The van der Waals surface area contributed by atoms with Gasteiger partial charge < -0.3 is 5.32 Å². The van der Waals surface area contributed by atoms with E-state index in [2.05, 4.69) is 37.3 Å². The summed E-state index contributed by atoms with van der Waals surface area (Å²) in [6.07, 6.45) is 1.15. The van der Waals surface area contributed by atoms with E-state index in [9.17, 15) is 0 Å². The molecule has 3 heteroatoms. The fraction of sp³-hybridized carbons (Fsp3) is 0.750. The lowest BCUT2D eigenvalue weighted by molar-refractivity contribution is 0.0968. The Kier molecular flexibility index (Phi) is 2.59. The molecule has 0 aromatic carbocycles. The van der Waals surface area contributed by atoms with Gasteiger partial charge in [0.05, 0.1) is 5.69 Å². The van der Waals surface area contributed by atoms with Crippen molar-refractivity contribution in [3.63, 3.8) is 0 Å². The molecule has 0 unspecified atom stereocenters. The van der Waals surface area contributed by atoms with Crippen LogP contribution in [0.1, 0.15) is 25.2 Å². The van der Waals surface area contributed by atoms with Gasteiger partial charge >= 0.3 is 0 Å². The van der Waals surface area contributed by atoms with Gasteiger partial charge in [-0.1, -0.05) is 13.8 Å². The monoisotopic (exact) mass is 207 g/mol. The molecule has 2 heterocycles. The van der Waals surface area contributed by atoms with Crippen molar-refractivity contribution in [2.24, 2.45) is 18.4 Å². The van der Waals surface area contributed by atoms with Gasteiger partial charge in [-0.15, -0.1) is 0 Å². The van der Waals surface area contributed by atoms with Crippen LogP contribution in [-0.2, 0) is 13.5 Å². The molecule has 0 spiro atoms. The molecule has 1 aromatic rings. The zero-order chi connectivity index (χ0) is 11.1. The fourth-order valence-corrected chi connectivity index (χ4v) is 2.37. The van der Waals surface area contributed by atoms with Crippen molar-refractivity contribution in [2.45, 2.75) is 27.2 Å². The summed E-state index contributed by atoms with van der Waals surface area (Å²) in [6.45, 7) is 9.00. The Morgan fingerprint density at radius 1 is 1.53 bits per heavy atom. The van der Waals surface area contributed by atoms with E-state index in [1.165, 1.54) is 5.69 Å². The molecule has 0 radical (unpaired) electrons. The van der Waals surface area contributed by atoms with Gasteiger partial charge in [-0.25, -0.2) is 0 Å². The molecule has 1 N–H and O–H groups in total. The van der Waals surface area contributed by atoms with Crippen LogP contribution in [0.3, 0.4) is 0 Å². The number of nitrogens with one attached hydrogen (secondary N) is 1. The first-order valence-electron chi connectivity index (χ1n) is 5.74. The normalized spacial score (nSPS) is 19.3. The second-order valence-electron chi connectivity index (χ2n) is 5.20. The summed E-state index contributed by atoms with van der Waals surface area (Å²) in [7, 11) is 2.04. The van der Waals surface area contributed by atoms with Gasteiger partial charge in [0.25, 0.3) is 0 Å². The van der Waals surface area contributed by atoms with Crippen molar-refractivity contribution < 1.29 is 0 Å². The predicted octanol–water partition coefficient (Wildman–Crippen LogP) is 1.52. The average molecular weight is 207 g/mol. The largest absolute Gasteiger partial charge is 0.315 e. The first kappa shape index (κ1) is 10.7. The van der Waals surface area contributed by atoms with Crippen LogP contribution in [0, 0.1) is 18.3 Å². The molecule has 84 valence electrons. The second kappa shape index (κ2) is 3.63. The van der Waals surface area contributed by atoms with Gasteiger partial charge in [0.2, 0.25) is 0 Å². The maximum Gasteiger partial charge on any atom is 0.0596 e. The zero-order valence-electron chi connectivity index (χ0n) is 10.2. The Hall–Kier alpha value is -0.830. The van der Waals surface area contributed by atoms with E-state index in [1.54, 1.807) is 0 Å². The predicted molar refractivity (Wildman–Crippen MR) is 61.8 cm³/mol. The van der Waals surface area contributed by atoms with Crippen molar-refractivity contribution in [3.05, 3.63) is 17.5 Å². The Labute approximate surface area is 91.9 Å². The van der Waals surface area contributed by atoms with E-state index in [4.69, 9.17) is 0 Å². The van der Waals surface area contributed by atoms with Crippen molar-refractivity contribution in [1.82, 2.24) is 15.1 Å². The van der Waals surface area contributed by atoms with Crippen LogP contribution < -0.4 is 5.32 Å². The minimum absolute atomic E-state index is 0.459. The fourth-order valence-electron chi connectivity index (χ4n) is 2.37. The zero-order valence-corrected chi connectivity index (χ0v) is 10.2. The van der Waals surface area contributed by atoms with Crippen molar-refractivity contribution in [2.75, 3.05) is 13.1 Å². The molecule has 1 saturated heterocycles. The van der Waals surface area contributed by atoms with E-state index >= 15 is 0 Å². The van der Waals surface area contributed by atoms with Gasteiger partial charge in [-0.2, -0.15) is 5.10 Å². The quantitative estimate of drug-likeness (QED) is 0.814. The minimum Gasteiger partial charge on any atom is -0.315 e. The van der Waals surface area contributed by atoms with Crippen molar-refractivity contribution in [1.29, 1.82) is 0 Å². The van der Waals surface area contributed by atoms with Gasteiger partial charge in [-0.3, -0.25) is 4.68 Å². The molecule has 1 aliphatic heterocycles. The molecular weight excluding hydrogens is 186 g/mol. The van der Waals surface area contributed by atoms with Gasteiger partial charge in [0.1, 0.15) is 0 Å². The molecule has 3 nitrogen and oxygen atoms in total. The first-order chi connectivity index (χ1) is 7.03. The molecular formula is C12H21N3. The molecule has 0 atom stereocenters. The number of nitrogens with zero attached hydrogens (tertiary/aromatic N) is 2. The molecule has 1 aromatic heterocycles. The van der Waals surface area contributed by atoms with E-state index in [0.29, 0.717) is 5.41 Å². The van der Waals surface area contributed by atoms with Crippen LogP contribution >= 0.6 is 0 Å². The lowest BCUT2D eigenvalue weighted by atomic mass is 9.69. The van der Waals surface area contributed by atoms with Gasteiger partial charge in [0, 0.05) is 31.2 Å². The molecule has 15 heavy (non-hydrogen) atoms. The Morgan fingerprint density at radius 2 is 2.20 bits per heavy atom. The van der Waals surface area contributed by atoms with Crippen LogP contribution in [0.5, 0.6) is 0 Å². The lowest BCUT2D eigenvalue weighted by Crippen LogP contribution is -2.57. The van der Waals surface area contributed by atoms with Crippen molar-refractivity contribution >= 4 is 0 Å². The Balaban J connectivity index is 2.17. The van der Waals surface area contributed by atoms with E-state index < -0.39 is 0 Å². The van der Waals surface area contributed by atoms with E-state index in [0.717, 1.165) is 31.1 Å². The van der Waals surface area contributed by atoms with E-state index in [-0.39, 0.29) is 0 Å². The molecule has 0 bridgehead atoms. The van der Waals surface area contributed by atoms with Crippen LogP contribution in [-0.4, -0.2) is 22.9 Å². The van der Waals surface area contributed by atoms with Crippen LogP contribution in [0.4, 0.5) is 0 Å². The van der Waals surface area contributed by atoms with Crippen molar-refractivity contribution in [3.8, 4) is 0 Å². The Bertz CT molecular complexity index is 348. The number of aryl methyl sites for hydroxylation is 2. The lowest BCUT2D eigenvalue weighted by Gasteiger charge is -2.46. The molecule has 0 amide bonds. The molecule has 0 saturated carbocycles. The molecule has 0 aliphatic carbocycles. The third-order valence-corrected chi connectivity index (χ3v) is 3.81. The van der Waals surface area contributed by atoms with Crippen LogP contribution in [0.15, 0.2) is 6.07 Å². The highest BCUT2D eigenvalue weighted by atomic mass is 15.3. The molecule has 1 fully saturated rings. The topological polar surface area (TPSA) is 29.9 Å². The summed E-state index contributed by atoms with van der Waals surface area (Å²) in [6, 6.07) is 2.21. The van der Waals surface area contributed by atoms with E-state index in [1.807, 2.05) is 11.7 Å². The number of hydrogen-bond acceptors (Lipinski definition) is 2. The van der Waals surface area contributed by atoms with Crippen LogP contribution in [0.2, 0.25) is 0 Å². The van der Waals surface area contributed by atoms with Gasteiger partial charge in [-0.05, 0) is 25.3 Å². The average Bonchev–Trinajstić information content (AvgIpc) is 2.37. The summed E-state index contributed by atoms with van der Waals surface area (Å²) in [5, 5.41) is 7.81. The van der Waals surface area contributed by atoms with Gasteiger partial charge in [0.15, 0.2) is 0 Å². The third-order valence-electron chi connectivity index (χ3n) is 3.81. The highest BCUT2D eigenvalue weighted by molar-refractivity contribution is 5.13. The summed E-state index contributed by atoms with van der Waals surface area (Å²) in [4.78, 5) is 0. The summed E-state index contributed by atoms with van der Waals surface area (Å²) in [5.74, 6) is 0.731. The smallest absolute Gasteiger partial charge is 0.0596 e. The molecule has 1 aliphatic rings.